The molecule has 100 valence electrons. The van der Waals surface area contributed by atoms with Crippen molar-refractivity contribution in [3.63, 3.8) is 0 Å². The average molecular weight is 294 g/mol. The quantitative estimate of drug-likeness (QED) is 0.815. The van der Waals surface area contributed by atoms with Crippen molar-refractivity contribution in [2.24, 2.45) is 0 Å². The summed E-state index contributed by atoms with van der Waals surface area (Å²) in [4.78, 5) is 22.1. The van der Waals surface area contributed by atoms with Crippen molar-refractivity contribution in [1.82, 2.24) is 9.97 Å². The number of hydrogen-bond acceptors (Lipinski definition) is 6. The van der Waals surface area contributed by atoms with E-state index in [4.69, 9.17) is 4.74 Å². The Morgan fingerprint density at radius 3 is 3.21 bits per heavy atom. The van der Waals surface area contributed by atoms with Crippen molar-refractivity contribution in [3.05, 3.63) is 21.5 Å². The van der Waals surface area contributed by atoms with Crippen LogP contribution in [0.3, 0.4) is 0 Å². The molecule has 1 atom stereocenters. The summed E-state index contributed by atoms with van der Waals surface area (Å²) in [7, 11) is 0. The van der Waals surface area contributed by atoms with E-state index < -0.39 is 0 Å². The molecule has 0 spiro atoms. The molecule has 2 aromatic heterocycles. The van der Waals surface area contributed by atoms with Gasteiger partial charge in [0.05, 0.1) is 17.8 Å². The van der Waals surface area contributed by atoms with Gasteiger partial charge in [-0.15, -0.1) is 22.7 Å². The third-order valence-corrected chi connectivity index (χ3v) is 4.92. The Morgan fingerprint density at radius 2 is 2.47 bits per heavy atom. The summed E-state index contributed by atoms with van der Waals surface area (Å²) >= 11 is 3.22. The van der Waals surface area contributed by atoms with Gasteiger partial charge in [0.2, 0.25) is 0 Å². The Balaban J connectivity index is 1.94. The second-order valence-corrected chi connectivity index (χ2v) is 6.20. The predicted molar refractivity (Wildman–Crippen MR) is 75.5 cm³/mol. The van der Waals surface area contributed by atoms with Gasteiger partial charge in [0.25, 0.3) is 0 Å². The fourth-order valence-electron chi connectivity index (χ4n) is 2.32. The number of hydrogen-bond donors (Lipinski definition) is 0. The van der Waals surface area contributed by atoms with Crippen LogP contribution < -0.4 is 0 Å². The average Bonchev–Trinajstić information content (AvgIpc) is 3.06. The summed E-state index contributed by atoms with van der Waals surface area (Å²) in [6.07, 6.45) is 2.87. The van der Waals surface area contributed by atoms with Gasteiger partial charge in [0.1, 0.15) is 16.6 Å². The number of rotatable bonds is 3. The lowest BCUT2D eigenvalue weighted by Crippen LogP contribution is -2.20. The van der Waals surface area contributed by atoms with E-state index in [1.54, 1.807) is 28.2 Å². The van der Waals surface area contributed by atoms with Gasteiger partial charge >= 0.3 is 5.97 Å². The van der Waals surface area contributed by atoms with Gasteiger partial charge in [-0.3, -0.25) is 4.79 Å². The maximum Gasteiger partial charge on any atom is 0.315 e. The molecule has 1 aliphatic carbocycles. The second-order valence-electron chi connectivity index (χ2n) is 4.40. The maximum atomic E-state index is 12.0. The van der Waals surface area contributed by atoms with Gasteiger partial charge in [-0.25, -0.2) is 9.97 Å². The van der Waals surface area contributed by atoms with Crippen molar-refractivity contribution in [1.29, 1.82) is 0 Å². The highest BCUT2D eigenvalue weighted by molar-refractivity contribution is 7.15. The van der Waals surface area contributed by atoms with Crippen molar-refractivity contribution < 1.29 is 9.53 Å². The molecule has 4 nitrogen and oxygen atoms in total. The van der Waals surface area contributed by atoms with Crippen molar-refractivity contribution in [2.75, 3.05) is 6.61 Å². The number of carbonyl (C=O) groups is 1. The van der Waals surface area contributed by atoms with E-state index in [9.17, 15) is 4.79 Å². The fraction of sp³-hybridized carbons (Fsp3) is 0.462. The van der Waals surface area contributed by atoms with Crippen molar-refractivity contribution in [3.8, 4) is 10.7 Å². The fourth-order valence-corrected chi connectivity index (χ4v) is 4.06. The SMILES string of the molecule is CCOC(=O)C1CCCc2sc(-c3cscn3)nc21. The van der Waals surface area contributed by atoms with Crippen LogP contribution in [-0.4, -0.2) is 22.5 Å². The minimum atomic E-state index is -0.188. The minimum absolute atomic E-state index is 0.140. The summed E-state index contributed by atoms with van der Waals surface area (Å²) in [6.45, 7) is 2.26. The zero-order chi connectivity index (χ0) is 13.2. The first-order valence-electron chi connectivity index (χ1n) is 6.34. The molecule has 0 amide bonds. The van der Waals surface area contributed by atoms with Crippen LogP contribution in [0.5, 0.6) is 0 Å². The molecule has 0 saturated heterocycles. The number of esters is 1. The predicted octanol–water partition coefficient (Wildman–Crippen LogP) is 3.25. The molecule has 0 bridgehead atoms. The molecule has 1 unspecified atom stereocenters. The molecule has 0 saturated carbocycles. The van der Waals surface area contributed by atoms with Gasteiger partial charge in [0.15, 0.2) is 0 Å². The topological polar surface area (TPSA) is 52.1 Å². The molecule has 0 N–H and O–H groups in total. The van der Waals surface area contributed by atoms with Crippen LogP contribution >= 0.6 is 22.7 Å². The van der Waals surface area contributed by atoms with Gasteiger partial charge < -0.3 is 4.74 Å². The molecule has 2 aromatic rings. The molecule has 0 fully saturated rings. The highest BCUT2D eigenvalue weighted by Gasteiger charge is 2.31. The van der Waals surface area contributed by atoms with E-state index in [0.717, 1.165) is 35.7 Å². The van der Waals surface area contributed by atoms with Crippen LogP contribution in [0.2, 0.25) is 0 Å². The van der Waals surface area contributed by atoms with Crippen molar-refractivity contribution >= 4 is 28.6 Å². The summed E-state index contributed by atoms with van der Waals surface area (Å²) in [6, 6.07) is 0. The molecular formula is C13H14N2O2S2. The largest absolute Gasteiger partial charge is 0.465 e. The smallest absolute Gasteiger partial charge is 0.315 e. The Labute approximate surface area is 119 Å². The molecule has 2 heterocycles. The molecule has 0 aliphatic heterocycles. The van der Waals surface area contributed by atoms with E-state index in [1.807, 2.05) is 12.3 Å². The van der Waals surface area contributed by atoms with Crippen LogP contribution in [0.25, 0.3) is 10.7 Å². The van der Waals surface area contributed by atoms with Gasteiger partial charge in [-0.2, -0.15) is 0 Å². The third-order valence-electron chi connectivity index (χ3n) is 3.18. The van der Waals surface area contributed by atoms with Crippen LogP contribution in [-0.2, 0) is 16.0 Å². The molecule has 1 aliphatic rings. The summed E-state index contributed by atoms with van der Waals surface area (Å²) in [5.41, 5.74) is 3.63. The Morgan fingerprint density at radius 1 is 1.58 bits per heavy atom. The Hall–Kier alpha value is -1.27. The third kappa shape index (κ3) is 2.42. The molecule has 0 radical (unpaired) electrons. The van der Waals surface area contributed by atoms with Crippen LogP contribution in [0.4, 0.5) is 0 Å². The van der Waals surface area contributed by atoms with Crippen LogP contribution in [0.15, 0.2) is 10.9 Å². The van der Waals surface area contributed by atoms with E-state index in [2.05, 4.69) is 9.97 Å². The minimum Gasteiger partial charge on any atom is -0.465 e. The zero-order valence-electron chi connectivity index (χ0n) is 10.6. The first-order valence-corrected chi connectivity index (χ1v) is 8.10. The standard InChI is InChI=1S/C13H14N2O2S2/c1-2-17-13(16)8-4-3-5-10-11(8)15-12(19-10)9-6-18-7-14-9/h6-8H,2-5H2,1H3. The molecule has 19 heavy (non-hydrogen) atoms. The molecular weight excluding hydrogens is 280 g/mol. The molecule has 6 heteroatoms. The van der Waals surface area contributed by atoms with Crippen LogP contribution in [0.1, 0.15) is 36.3 Å². The van der Waals surface area contributed by atoms with E-state index in [0.29, 0.717) is 6.61 Å². The van der Waals surface area contributed by atoms with E-state index in [-0.39, 0.29) is 11.9 Å². The number of nitrogens with zero attached hydrogens (tertiary/aromatic N) is 2. The van der Waals surface area contributed by atoms with E-state index in [1.165, 1.54) is 4.88 Å². The Kier molecular flexibility index (Phi) is 3.61. The number of thiazole rings is 2. The Bertz CT molecular complexity index is 577. The normalized spacial score (nSPS) is 18.1. The lowest BCUT2D eigenvalue weighted by Gasteiger charge is -2.19. The number of fused-ring (bicyclic) bond motifs is 1. The number of aryl methyl sites for hydroxylation is 1. The van der Waals surface area contributed by atoms with Gasteiger partial charge in [-0.1, -0.05) is 0 Å². The van der Waals surface area contributed by atoms with Gasteiger partial charge in [-0.05, 0) is 26.2 Å². The second kappa shape index (κ2) is 5.38. The first kappa shape index (κ1) is 12.7. The number of carbonyl (C=O) groups excluding carboxylic acids is 1. The summed E-state index contributed by atoms with van der Waals surface area (Å²) in [5.74, 6) is -0.328. The monoisotopic (exact) mass is 294 g/mol. The summed E-state index contributed by atoms with van der Waals surface area (Å²) < 4.78 is 5.15. The zero-order valence-corrected chi connectivity index (χ0v) is 12.2. The maximum absolute atomic E-state index is 12.0. The number of ether oxygens (including phenoxy) is 1. The van der Waals surface area contributed by atoms with Crippen LogP contribution in [0, 0.1) is 0 Å². The lowest BCUT2D eigenvalue weighted by molar-refractivity contribution is -0.145. The highest BCUT2D eigenvalue weighted by Crippen LogP contribution is 2.38. The molecule has 0 aromatic carbocycles. The van der Waals surface area contributed by atoms with E-state index >= 15 is 0 Å². The lowest BCUT2D eigenvalue weighted by atomic mass is 9.91. The highest BCUT2D eigenvalue weighted by atomic mass is 32.1. The van der Waals surface area contributed by atoms with Crippen molar-refractivity contribution in [2.45, 2.75) is 32.1 Å². The first-order chi connectivity index (χ1) is 9.29. The molecule has 3 rings (SSSR count). The summed E-state index contributed by atoms with van der Waals surface area (Å²) in [5, 5.41) is 2.91. The number of aromatic nitrogens is 2. The van der Waals surface area contributed by atoms with Gasteiger partial charge in [0, 0.05) is 10.3 Å².